The highest BCUT2D eigenvalue weighted by Crippen LogP contribution is 2.14. The maximum Gasteiger partial charge on any atom is 0.417 e. The maximum absolute atomic E-state index is 12.0. The van der Waals surface area contributed by atoms with Crippen LogP contribution >= 0.6 is 0 Å². The van der Waals surface area contributed by atoms with Crippen LogP contribution in [0.2, 0.25) is 0 Å². The van der Waals surface area contributed by atoms with Crippen LogP contribution in [0.4, 0.5) is 0 Å². The second kappa shape index (κ2) is 4.14. The van der Waals surface area contributed by atoms with Crippen molar-refractivity contribution >= 4 is 22.8 Å². The number of aromatic nitrogens is 1. The van der Waals surface area contributed by atoms with Gasteiger partial charge in [0.1, 0.15) is 6.61 Å². The number of oxazole rings is 1. The van der Waals surface area contributed by atoms with Crippen LogP contribution in [-0.4, -0.2) is 29.8 Å². The van der Waals surface area contributed by atoms with E-state index < -0.39 is 5.76 Å². The number of H-pyrrole nitrogens is 1. The Morgan fingerprint density at radius 1 is 1.44 bits per heavy atom. The van der Waals surface area contributed by atoms with Gasteiger partial charge in [0.15, 0.2) is 17.3 Å². The summed E-state index contributed by atoms with van der Waals surface area (Å²) < 4.78 is 10.1. The Labute approximate surface area is 101 Å². The number of aromatic amines is 1. The quantitative estimate of drug-likeness (QED) is 0.822. The van der Waals surface area contributed by atoms with Gasteiger partial charge in [-0.2, -0.15) is 0 Å². The molecule has 0 aliphatic carbocycles. The molecule has 6 heteroatoms. The molecule has 92 valence electrons. The monoisotopic (exact) mass is 246 g/mol. The molecule has 0 fully saturated rings. The standard InChI is InChI=1S/C12H10N2O4/c15-9(6-11-13-3-4-17-11)7-1-2-10-8(5-7)14-12(16)18-10/h1-2,5H,3-4,6H2,(H,14,16). The molecule has 6 nitrogen and oxygen atoms in total. The zero-order valence-electron chi connectivity index (χ0n) is 9.43. The lowest BCUT2D eigenvalue weighted by molar-refractivity contribution is 0.0995. The van der Waals surface area contributed by atoms with E-state index in [2.05, 4.69) is 9.98 Å². The highest BCUT2D eigenvalue weighted by Gasteiger charge is 2.15. The molecule has 0 unspecified atom stereocenters. The number of nitrogens with one attached hydrogen (secondary N) is 1. The van der Waals surface area contributed by atoms with Crippen molar-refractivity contribution in [3.8, 4) is 0 Å². The van der Waals surface area contributed by atoms with E-state index in [-0.39, 0.29) is 12.2 Å². The van der Waals surface area contributed by atoms with E-state index in [1.54, 1.807) is 18.2 Å². The van der Waals surface area contributed by atoms with Crippen molar-refractivity contribution in [2.24, 2.45) is 4.99 Å². The van der Waals surface area contributed by atoms with Gasteiger partial charge in [-0.1, -0.05) is 0 Å². The number of ketones is 1. The van der Waals surface area contributed by atoms with Crippen molar-refractivity contribution in [1.29, 1.82) is 0 Å². The number of hydrogen-bond donors (Lipinski definition) is 1. The van der Waals surface area contributed by atoms with Crippen molar-refractivity contribution in [3.63, 3.8) is 0 Å². The van der Waals surface area contributed by atoms with Crippen LogP contribution in [0.3, 0.4) is 0 Å². The third-order valence-electron chi connectivity index (χ3n) is 2.70. The predicted molar refractivity (Wildman–Crippen MR) is 64.0 cm³/mol. The largest absolute Gasteiger partial charge is 0.479 e. The highest BCUT2D eigenvalue weighted by atomic mass is 16.5. The Bertz CT molecular complexity index is 695. The van der Waals surface area contributed by atoms with Gasteiger partial charge < -0.3 is 9.15 Å². The molecule has 0 amide bonds. The van der Waals surface area contributed by atoms with Gasteiger partial charge in [0.05, 0.1) is 18.5 Å². The van der Waals surface area contributed by atoms with Crippen LogP contribution in [0.1, 0.15) is 16.8 Å². The van der Waals surface area contributed by atoms with Crippen LogP contribution in [0.25, 0.3) is 11.1 Å². The number of rotatable bonds is 3. The average Bonchev–Trinajstić information content (AvgIpc) is 2.95. The fourth-order valence-corrected chi connectivity index (χ4v) is 1.85. The number of ether oxygens (including phenoxy) is 1. The number of carbonyl (C=O) groups excluding carboxylic acids is 1. The first-order valence-electron chi connectivity index (χ1n) is 5.54. The topological polar surface area (TPSA) is 84.7 Å². The van der Waals surface area contributed by atoms with Gasteiger partial charge in [-0.3, -0.25) is 14.8 Å². The third kappa shape index (κ3) is 1.92. The molecular formula is C12H10N2O4. The van der Waals surface area contributed by atoms with Gasteiger partial charge in [-0.25, -0.2) is 4.79 Å². The lowest BCUT2D eigenvalue weighted by Gasteiger charge is -2.01. The highest BCUT2D eigenvalue weighted by molar-refractivity contribution is 6.08. The predicted octanol–water partition coefficient (Wildman–Crippen LogP) is 1.12. The van der Waals surface area contributed by atoms with Crippen LogP contribution in [-0.2, 0) is 4.74 Å². The molecule has 2 aromatic rings. The summed E-state index contributed by atoms with van der Waals surface area (Å²) in [5.41, 5.74) is 1.45. The molecule has 18 heavy (non-hydrogen) atoms. The van der Waals surface area contributed by atoms with Gasteiger partial charge >= 0.3 is 5.76 Å². The van der Waals surface area contributed by atoms with Gasteiger partial charge in [0.25, 0.3) is 0 Å². The van der Waals surface area contributed by atoms with E-state index in [9.17, 15) is 9.59 Å². The van der Waals surface area contributed by atoms with Crippen molar-refractivity contribution in [2.75, 3.05) is 13.2 Å². The van der Waals surface area contributed by atoms with Crippen LogP contribution in [0.5, 0.6) is 0 Å². The van der Waals surface area contributed by atoms with E-state index in [0.717, 1.165) is 0 Å². The first-order valence-corrected chi connectivity index (χ1v) is 5.54. The summed E-state index contributed by atoms with van der Waals surface area (Å²) in [5, 5.41) is 0. The van der Waals surface area contributed by atoms with Gasteiger partial charge in [-0.15, -0.1) is 0 Å². The molecule has 1 aromatic carbocycles. The summed E-state index contributed by atoms with van der Waals surface area (Å²) in [5.74, 6) is -0.154. The van der Waals surface area contributed by atoms with Gasteiger partial charge in [-0.05, 0) is 18.2 Å². The summed E-state index contributed by atoms with van der Waals surface area (Å²) in [6.45, 7) is 1.15. The molecule has 0 saturated carbocycles. The molecule has 0 radical (unpaired) electrons. The lowest BCUT2D eigenvalue weighted by Crippen LogP contribution is -2.08. The smallest absolute Gasteiger partial charge is 0.417 e. The van der Waals surface area contributed by atoms with Crippen molar-refractivity contribution in [2.45, 2.75) is 6.42 Å². The van der Waals surface area contributed by atoms with Crippen LogP contribution in [0, 0.1) is 0 Å². The van der Waals surface area contributed by atoms with E-state index in [1.165, 1.54) is 0 Å². The number of nitrogens with zero attached hydrogens (tertiary/aromatic N) is 1. The molecule has 0 saturated heterocycles. The molecule has 0 atom stereocenters. The van der Waals surface area contributed by atoms with Crippen molar-refractivity contribution in [1.82, 2.24) is 4.98 Å². The van der Waals surface area contributed by atoms with E-state index in [1.807, 2.05) is 0 Å². The number of carbonyl (C=O) groups is 1. The second-order valence-corrected chi connectivity index (χ2v) is 3.95. The Morgan fingerprint density at radius 2 is 2.33 bits per heavy atom. The Kier molecular flexibility index (Phi) is 2.47. The fraction of sp³-hybridized carbons (Fsp3) is 0.250. The average molecular weight is 246 g/mol. The summed E-state index contributed by atoms with van der Waals surface area (Å²) in [6.07, 6.45) is 0.146. The minimum atomic E-state index is -0.530. The normalized spacial score (nSPS) is 14.6. The summed E-state index contributed by atoms with van der Waals surface area (Å²) in [6, 6.07) is 4.81. The number of aliphatic imine (C=N–C) groups is 1. The number of Topliss-reactive ketones (excluding diaryl/α,β-unsaturated/α-hetero) is 1. The van der Waals surface area contributed by atoms with Gasteiger partial charge in [0.2, 0.25) is 0 Å². The first kappa shape index (κ1) is 10.8. The molecule has 1 N–H and O–H groups in total. The van der Waals surface area contributed by atoms with Crippen molar-refractivity contribution < 1.29 is 13.9 Å². The number of benzene rings is 1. The Hall–Kier alpha value is -2.37. The minimum absolute atomic E-state index is 0.0976. The van der Waals surface area contributed by atoms with E-state index >= 15 is 0 Å². The fourth-order valence-electron chi connectivity index (χ4n) is 1.85. The minimum Gasteiger partial charge on any atom is -0.479 e. The Balaban J connectivity index is 1.88. The molecule has 3 rings (SSSR count). The van der Waals surface area contributed by atoms with Gasteiger partial charge in [0, 0.05) is 5.56 Å². The lowest BCUT2D eigenvalue weighted by atomic mass is 10.1. The zero-order chi connectivity index (χ0) is 12.5. The molecule has 1 aromatic heterocycles. The second-order valence-electron chi connectivity index (χ2n) is 3.95. The Morgan fingerprint density at radius 3 is 3.11 bits per heavy atom. The maximum atomic E-state index is 12.0. The van der Waals surface area contributed by atoms with Crippen molar-refractivity contribution in [3.05, 3.63) is 34.3 Å². The number of hydrogen-bond acceptors (Lipinski definition) is 5. The van der Waals surface area contributed by atoms with Crippen LogP contribution in [0.15, 0.2) is 32.4 Å². The SMILES string of the molecule is O=C(CC1=NCCO1)c1ccc2oc(=O)[nH]c2c1. The summed E-state index contributed by atoms with van der Waals surface area (Å²) in [7, 11) is 0. The molecular weight excluding hydrogens is 236 g/mol. The van der Waals surface area contributed by atoms with E-state index in [4.69, 9.17) is 9.15 Å². The molecule has 2 heterocycles. The van der Waals surface area contributed by atoms with E-state index in [0.29, 0.717) is 35.7 Å². The summed E-state index contributed by atoms with van der Waals surface area (Å²) in [4.78, 5) is 29.5. The first-order chi connectivity index (χ1) is 8.72. The van der Waals surface area contributed by atoms with Crippen LogP contribution < -0.4 is 5.76 Å². The third-order valence-corrected chi connectivity index (χ3v) is 2.70. The molecule has 1 aliphatic heterocycles. The molecule has 0 spiro atoms. The zero-order valence-corrected chi connectivity index (χ0v) is 9.43. The summed E-state index contributed by atoms with van der Waals surface area (Å²) >= 11 is 0. The molecule has 0 bridgehead atoms. The number of fused-ring (bicyclic) bond motifs is 1. The molecule has 1 aliphatic rings.